The summed E-state index contributed by atoms with van der Waals surface area (Å²) in [7, 11) is 0. The Morgan fingerprint density at radius 1 is 1.00 bits per heavy atom. The molecule has 1 saturated carbocycles. The van der Waals surface area contributed by atoms with E-state index in [1.54, 1.807) is 30.5 Å². The van der Waals surface area contributed by atoms with Crippen molar-refractivity contribution >= 4 is 34.1 Å². The second-order valence-corrected chi connectivity index (χ2v) is 8.02. The molecule has 5 rings (SSSR count). The van der Waals surface area contributed by atoms with E-state index >= 15 is 0 Å². The number of amides is 2. The van der Waals surface area contributed by atoms with Gasteiger partial charge in [0.1, 0.15) is 0 Å². The lowest BCUT2D eigenvalue weighted by Crippen LogP contribution is -2.15. The molecule has 7 heteroatoms. The Kier molecular flexibility index (Phi) is 5.07. The number of aromatic nitrogens is 3. The number of hydrogen-bond acceptors (Lipinski definition) is 5. The molecule has 0 aliphatic heterocycles. The van der Waals surface area contributed by atoms with E-state index in [4.69, 9.17) is 0 Å². The van der Waals surface area contributed by atoms with Crippen molar-refractivity contribution in [2.75, 3.05) is 10.6 Å². The van der Waals surface area contributed by atoms with Crippen LogP contribution >= 0.6 is 0 Å². The molecule has 0 bridgehead atoms. The third-order valence-corrected chi connectivity index (χ3v) is 5.77. The molecule has 0 radical (unpaired) electrons. The summed E-state index contributed by atoms with van der Waals surface area (Å²) in [4.78, 5) is 29.3. The Hall–Kier alpha value is -4.13. The summed E-state index contributed by atoms with van der Waals surface area (Å²) in [5.41, 5.74) is 3.45. The Labute approximate surface area is 184 Å². The topological polar surface area (TPSA) is 96.9 Å². The largest absolute Gasteiger partial charge is 0.326 e. The minimum atomic E-state index is -0.246. The number of pyridine rings is 1. The molecule has 4 aromatic rings. The summed E-state index contributed by atoms with van der Waals surface area (Å²) in [6.45, 7) is 2.01. The van der Waals surface area contributed by atoms with Gasteiger partial charge >= 0.3 is 0 Å². The Morgan fingerprint density at radius 3 is 2.62 bits per heavy atom. The van der Waals surface area contributed by atoms with E-state index in [0.717, 1.165) is 34.0 Å². The maximum atomic E-state index is 12.8. The van der Waals surface area contributed by atoms with Crippen LogP contribution in [0.25, 0.3) is 10.8 Å². The smallest absolute Gasteiger partial charge is 0.256 e. The predicted octanol–water partition coefficient (Wildman–Crippen LogP) is 4.33. The Balaban J connectivity index is 1.22. The quantitative estimate of drug-likeness (QED) is 0.498. The highest BCUT2D eigenvalue weighted by atomic mass is 16.2. The minimum absolute atomic E-state index is 0.0190. The van der Waals surface area contributed by atoms with Gasteiger partial charge in [0, 0.05) is 41.1 Å². The van der Waals surface area contributed by atoms with Crippen LogP contribution in [0.3, 0.4) is 0 Å². The molecule has 0 spiro atoms. The van der Waals surface area contributed by atoms with Gasteiger partial charge in [0.25, 0.3) is 5.91 Å². The van der Waals surface area contributed by atoms with E-state index in [0.29, 0.717) is 11.4 Å². The van der Waals surface area contributed by atoms with Crippen LogP contribution in [0.15, 0.2) is 73.2 Å². The zero-order valence-electron chi connectivity index (χ0n) is 17.4. The fourth-order valence-electron chi connectivity index (χ4n) is 3.91. The third kappa shape index (κ3) is 4.05. The van der Waals surface area contributed by atoms with Crippen molar-refractivity contribution < 1.29 is 9.59 Å². The van der Waals surface area contributed by atoms with Crippen molar-refractivity contribution in [3.05, 3.63) is 89.9 Å². The summed E-state index contributed by atoms with van der Waals surface area (Å²) in [5.74, 6) is 0.275. The molecule has 2 heterocycles. The maximum Gasteiger partial charge on any atom is 0.256 e. The van der Waals surface area contributed by atoms with Crippen LogP contribution in [-0.2, 0) is 4.79 Å². The second-order valence-electron chi connectivity index (χ2n) is 8.02. The number of anilines is 2. The molecule has 1 aliphatic carbocycles. The molecule has 0 unspecified atom stereocenters. The molecule has 2 N–H and O–H groups in total. The number of carbonyl (C=O) groups excluding carboxylic acids is 2. The average Bonchev–Trinajstić information content (AvgIpc) is 3.62. The van der Waals surface area contributed by atoms with E-state index < -0.39 is 0 Å². The van der Waals surface area contributed by atoms with Crippen molar-refractivity contribution in [1.82, 2.24) is 15.2 Å². The van der Waals surface area contributed by atoms with Gasteiger partial charge in [0.15, 0.2) is 5.82 Å². The summed E-state index contributed by atoms with van der Waals surface area (Å²) < 4.78 is 0. The van der Waals surface area contributed by atoms with E-state index in [1.165, 1.54) is 0 Å². The fourth-order valence-corrected chi connectivity index (χ4v) is 3.91. The van der Waals surface area contributed by atoms with Crippen LogP contribution in [0, 0.1) is 12.8 Å². The van der Waals surface area contributed by atoms with Gasteiger partial charge in [0.2, 0.25) is 5.91 Å². The molecule has 32 heavy (non-hydrogen) atoms. The molecule has 0 saturated heterocycles. The van der Waals surface area contributed by atoms with Crippen molar-refractivity contribution in [1.29, 1.82) is 0 Å². The second kappa shape index (κ2) is 8.19. The lowest BCUT2D eigenvalue weighted by atomic mass is 10.1. The number of carbonyl (C=O) groups is 2. The number of benzene rings is 2. The molecule has 2 aromatic heterocycles. The first-order valence-corrected chi connectivity index (χ1v) is 10.4. The Bertz CT molecular complexity index is 1310. The van der Waals surface area contributed by atoms with E-state index in [1.807, 2.05) is 49.6 Å². The summed E-state index contributed by atoms with van der Waals surface area (Å²) in [5, 5.41) is 15.5. The third-order valence-electron chi connectivity index (χ3n) is 5.77. The monoisotopic (exact) mass is 423 g/mol. The number of aryl methyl sites for hydroxylation is 1. The Morgan fingerprint density at radius 2 is 1.84 bits per heavy atom. The molecular weight excluding hydrogens is 402 g/mol. The van der Waals surface area contributed by atoms with Gasteiger partial charge in [-0.1, -0.05) is 18.2 Å². The number of nitrogens with zero attached hydrogens (tertiary/aromatic N) is 3. The van der Waals surface area contributed by atoms with Gasteiger partial charge in [-0.2, -0.15) is 5.10 Å². The van der Waals surface area contributed by atoms with Crippen LogP contribution in [0.2, 0.25) is 0 Å². The van der Waals surface area contributed by atoms with Gasteiger partial charge in [-0.15, -0.1) is 5.10 Å². The highest BCUT2D eigenvalue weighted by Crippen LogP contribution is 2.48. The van der Waals surface area contributed by atoms with Crippen LogP contribution in [-0.4, -0.2) is 27.0 Å². The minimum Gasteiger partial charge on any atom is -0.326 e. The van der Waals surface area contributed by atoms with Gasteiger partial charge in [-0.25, -0.2) is 0 Å². The fraction of sp³-hybridized carbons (Fsp3) is 0.160. The van der Waals surface area contributed by atoms with Crippen LogP contribution in [0.5, 0.6) is 0 Å². The molecule has 2 atom stereocenters. The van der Waals surface area contributed by atoms with Crippen LogP contribution in [0.4, 0.5) is 11.5 Å². The molecule has 2 amide bonds. The van der Waals surface area contributed by atoms with Gasteiger partial charge in [-0.05, 0) is 72.2 Å². The van der Waals surface area contributed by atoms with Crippen molar-refractivity contribution in [3.8, 4) is 0 Å². The normalized spacial score (nSPS) is 17.0. The zero-order chi connectivity index (χ0) is 22.1. The van der Waals surface area contributed by atoms with E-state index in [-0.39, 0.29) is 23.7 Å². The molecule has 1 aliphatic rings. The zero-order valence-corrected chi connectivity index (χ0v) is 17.4. The highest BCUT2D eigenvalue weighted by Gasteiger charge is 2.43. The standard InChI is InChI=1S/C25H21N5O2/c1-15-13-26-14-18-8-9-19(11-20(15)18)28-25(32)22-12-21(22)16-4-6-17(7-5-16)24(31)29-23-3-2-10-27-30-23/h2-11,13-14,21-22H,12H2,1H3,(H,28,32)(H,29,30,31)/t21-,22+/m0/s1. The SMILES string of the molecule is Cc1cncc2ccc(NC(=O)[C@@H]3C[C@H]3c3ccc(C(=O)Nc4cccnn4)cc3)cc12. The van der Waals surface area contributed by atoms with Gasteiger partial charge in [0.05, 0.1) is 0 Å². The molecule has 7 nitrogen and oxygen atoms in total. The maximum absolute atomic E-state index is 12.8. The van der Waals surface area contributed by atoms with Gasteiger partial charge < -0.3 is 10.6 Å². The van der Waals surface area contributed by atoms with Gasteiger partial charge in [-0.3, -0.25) is 14.6 Å². The summed E-state index contributed by atoms with van der Waals surface area (Å²) in [6, 6.07) is 16.6. The molecular formula is C25H21N5O2. The van der Waals surface area contributed by atoms with Crippen molar-refractivity contribution in [2.24, 2.45) is 5.92 Å². The van der Waals surface area contributed by atoms with Crippen molar-refractivity contribution in [2.45, 2.75) is 19.3 Å². The lowest BCUT2D eigenvalue weighted by Gasteiger charge is -2.08. The first-order chi connectivity index (χ1) is 15.6. The lowest BCUT2D eigenvalue weighted by molar-refractivity contribution is -0.117. The summed E-state index contributed by atoms with van der Waals surface area (Å²) >= 11 is 0. The molecule has 158 valence electrons. The van der Waals surface area contributed by atoms with Crippen LogP contribution < -0.4 is 10.6 Å². The summed E-state index contributed by atoms with van der Waals surface area (Å²) in [6.07, 6.45) is 5.99. The van der Waals surface area contributed by atoms with E-state index in [9.17, 15) is 9.59 Å². The average molecular weight is 423 g/mol. The predicted molar refractivity (Wildman–Crippen MR) is 122 cm³/mol. The number of fused-ring (bicyclic) bond motifs is 1. The van der Waals surface area contributed by atoms with Crippen LogP contribution in [0.1, 0.15) is 33.8 Å². The van der Waals surface area contributed by atoms with Crippen molar-refractivity contribution in [3.63, 3.8) is 0 Å². The first-order valence-electron chi connectivity index (χ1n) is 10.4. The number of nitrogens with one attached hydrogen (secondary N) is 2. The van der Waals surface area contributed by atoms with E-state index in [2.05, 4.69) is 25.8 Å². The highest BCUT2D eigenvalue weighted by molar-refractivity contribution is 6.03. The number of hydrogen-bond donors (Lipinski definition) is 2. The first kappa shape index (κ1) is 19.8. The molecule has 1 fully saturated rings. The molecule has 2 aromatic carbocycles. The number of rotatable bonds is 5.